The predicted molar refractivity (Wildman–Crippen MR) is 57.9 cm³/mol. The van der Waals surface area contributed by atoms with Crippen molar-refractivity contribution in [3.8, 4) is 0 Å². The minimum Gasteiger partial charge on any atom is -0.336 e. The van der Waals surface area contributed by atoms with Gasteiger partial charge in [0.2, 0.25) is 5.91 Å². The first-order valence-electron chi connectivity index (χ1n) is 4.75. The third kappa shape index (κ3) is 2.48. The Kier molecular flexibility index (Phi) is 3.35. The van der Waals surface area contributed by atoms with Gasteiger partial charge in [-0.1, -0.05) is 11.8 Å². The fraction of sp³-hybridized carbons (Fsp3) is 0.333. The lowest BCUT2D eigenvalue weighted by Crippen LogP contribution is -2.35. The number of imide groups is 1. The molecule has 84 valence electrons. The van der Waals surface area contributed by atoms with Crippen molar-refractivity contribution in [2.45, 2.75) is 5.16 Å². The van der Waals surface area contributed by atoms with Gasteiger partial charge in [-0.3, -0.25) is 9.69 Å². The molecule has 0 saturated carbocycles. The van der Waals surface area contributed by atoms with Crippen molar-refractivity contribution in [3.63, 3.8) is 0 Å². The van der Waals surface area contributed by atoms with Gasteiger partial charge in [-0.2, -0.15) is 0 Å². The van der Waals surface area contributed by atoms with E-state index in [1.165, 1.54) is 16.7 Å². The van der Waals surface area contributed by atoms with Crippen LogP contribution in [-0.4, -0.2) is 45.6 Å². The lowest BCUT2D eigenvalue weighted by Gasteiger charge is -2.10. The summed E-state index contributed by atoms with van der Waals surface area (Å²) in [6.07, 6.45) is 3.23. The number of nitrogens with one attached hydrogen (secondary N) is 1. The molecule has 16 heavy (non-hydrogen) atoms. The normalized spacial score (nSPS) is 15.0. The Morgan fingerprint density at radius 3 is 2.88 bits per heavy atom. The van der Waals surface area contributed by atoms with E-state index in [0.717, 1.165) is 0 Å². The second-order valence-electron chi connectivity index (χ2n) is 3.10. The molecule has 2 rings (SSSR count). The maximum absolute atomic E-state index is 11.6. The Hall–Kier alpha value is -1.63. The van der Waals surface area contributed by atoms with Crippen molar-refractivity contribution < 1.29 is 9.59 Å². The average Bonchev–Trinajstić information content (AvgIpc) is 2.74. The lowest BCUT2D eigenvalue weighted by molar-refractivity contribution is -0.124. The zero-order valence-corrected chi connectivity index (χ0v) is 9.24. The first-order chi connectivity index (χ1) is 7.77. The van der Waals surface area contributed by atoms with Crippen LogP contribution in [0.15, 0.2) is 23.6 Å². The van der Waals surface area contributed by atoms with Crippen LogP contribution in [0.5, 0.6) is 0 Å². The summed E-state index contributed by atoms with van der Waals surface area (Å²) >= 11 is 1.22. The van der Waals surface area contributed by atoms with E-state index >= 15 is 0 Å². The maximum atomic E-state index is 11.6. The number of carbonyl (C=O) groups is 2. The van der Waals surface area contributed by atoms with Crippen molar-refractivity contribution in [1.82, 2.24) is 20.2 Å². The minimum absolute atomic E-state index is 0.178. The lowest BCUT2D eigenvalue weighted by atomic mass is 10.5. The molecule has 3 amide bonds. The summed E-state index contributed by atoms with van der Waals surface area (Å²) < 4.78 is 0. The zero-order valence-electron chi connectivity index (χ0n) is 8.42. The van der Waals surface area contributed by atoms with E-state index in [2.05, 4.69) is 15.3 Å². The molecule has 1 aliphatic rings. The van der Waals surface area contributed by atoms with Crippen molar-refractivity contribution in [2.75, 3.05) is 18.8 Å². The van der Waals surface area contributed by atoms with Crippen LogP contribution in [-0.2, 0) is 4.79 Å². The van der Waals surface area contributed by atoms with E-state index in [9.17, 15) is 9.59 Å². The molecule has 0 atom stereocenters. The number of aromatic nitrogens is 2. The number of hydrogen-bond donors (Lipinski definition) is 1. The van der Waals surface area contributed by atoms with Crippen LogP contribution in [0.1, 0.15) is 0 Å². The van der Waals surface area contributed by atoms with Crippen molar-refractivity contribution in [2.24, 2.45) is 0 Å². The molecule has 1 aromatic heterocycles. The summed E-state index contributed by atoms with van der Waals surface area (Å²) in [5.41, 5.74) is 0. The molecule has 1 fully saturated rings. The maximum Gasteiger partial charge on any atom is 0.324 e. The molecule has 0 bridgehead atoms. The molecule has 2 heterocycles. The molecule has 0 aromatic carbocycles. The molecule has 0 radical (unpaired) electrons. The van der Waals surface area contributed by atoms with Crippen LogP contribution < -0.4 is 5.32 Å². The topological polar surface area (TPSA) is 75.2 Å². The van der Waals surface area contributed by atoms with Crippen molar-refractivity contribution in [3.05, 3.63) is 18.5 Å². The van der Waals surface area contributed by atoms with Crippen LogP contribution in [0.25, 0.3) is 0 Å². The van der Waals surface area contributed by atoms with Gasteiger partial charge in [-0.25, -0.2) is 14.8 Å². The van der Waals surface area contributed by atoms with Gasteiger partial charge in [-0.15, -0.1) is 0 Å². The number of carbonyl (C=O) groups excluding carboxylic acids is 2. The molecular weight excluding hydrogens is 228 g/mol. The fourth-order valence-corrected chi connectivity index (χ4v) is 1.95. The molecule has 1 saturated heterocycles. The fourth-order valence-electron chi connectivity index (χ4n) is 1.27. The quantitative estimate of drug-likeness (QED) is 0.598. The van der Waals surface area contributed by atoms with E-state index in [-0.39, 0.29) is 17.7 Å². The summed E-state index contributed by atoms with van der Waals surface area (Å²) in [5.74, 6) is -0.0373. The number of amides is 3. The van der Waals surface area contributed by atoms with Gasteiger partial charge in [0.1, 0.15) is 0 Å². The highest BCUT2D eigenvalue weighted by atomic mass is 32.2. The Morgan fingerprint density at radius 1 is 1.50 bits per heavy atom. The summed E-state index contributed by atoms with van der Waals surface area (Å²) in [5, 5.41) is 3.11. The second-order valence-corrected chi connectivity index (χ2v) is 4.04. The number of urea groups is 1. The Balaban J connectivity index is 1.86. The van der Waals surface area contributed by atoms with Crippen molar-refractivity contribution >= 4 is 23.7 Å². The Morgan fingerprint density at radius 2 is 2.25 bits per heavy atom. The molecule has 0 unspecified atom stereocenters. The summed E-state index contributed by atoms with van der Waals surface area (Å²) in [4.78, 5) is 32.0. The molecule has 0 spiro atoms. The molecule has 1 aliphatic heterocycles. The van der Waals surface area contributed by atoms with E-state index < -0.39 is 0 Å². The van der Waals surface area contributed by atoms with Crippen LogP contribution in [0.2, 0.25) is 0 Å². The van der Waals surface area contributed by atoms with Gasteiger partial charge in [0.25, 0.3) is 0 Å². The third-order valence-electron chi connectivity index (χ3n) is 2.02. The molecule has 1 N–H and O–H groups in total. The van der Waals surface area contributed by atoms with E-state index in [1.54, 1.807) is 18.5 Å². The van der Waals surface area contributed by atoms with Gasteiger partial charge in [0, 0.05) is 25.5 Å². The van der Waals surface area contributed by atoms with E-state index in [1.807, 2.05) is 0 Å². The van der Waals surface area contributed by atoms with Crippen LogP contribution >= 0.6 is 11.8 Å². The molecule has 1 aromatic rings. The first-order valence-corrected chi connectivity index (χ1v) is 5.74. The highest BCUT2D eigenvalue weighted by molar-refractivity contribution is 7.99. The van der Waals surface area contributed by atoms with E-state index in [0.29, 0.717) is 18.2 Å². The number of thioether (sulfide) groups is 1. The van der Waals surface area contributed by atoms with Gasteiger partial charge in [0.15, 0.2) is 5.16 Å². The van der Waals surface area contributed by atoms with Crippen molar-refractivity contribution in [1.29, 1.82) is 0 Å². The zero-order chi connectivity index (χ0) is 11.4. The minimum atomic E-state index is -0.320. The monoisotopic (exact) mass is 238 g/mol. The molecule has 0 aliphatic carbocycles. The third-order valence-corrected chi connectivity index (χ3v) is 2.88. The van der Waals surface area contributed by atoms with Crippen LogP contribution in [0.4, 0.5) is 4.79 Å². The average molecular weight is 238 g/mol. The molecule has 6 nitrogen and oxygen atoms in total. The summed E-state index contributed by atoms with van der Waals surface area (Å²) in [7, 11) is 0. The predicted octanol–water partition coefficient (Wildman–Crippen LogP) is 0.121. The number of rotatable bonds is 3. The largest absolute Gasteiger partial charge is 0.336 e. The van der Waals surface area contributed by atoms with Gasteiger partial charge >= 0.3 is 6.03 Å². The van der Waals surface area contributed by atoms with Gasteiger partial charge < -0.3 is 5.32 Å². The Bertz CT molecular complexity index is 398. The van der Waals surface area contributed by atoms with Gasteiger partial charge in [0.05, 0.1) is 5.75 Å². The Labute approximate surface area is 96.4 Å². The SMILES string of the molecule is O=C(CSc1ncccn1)N1CCNC1=O. The summed E-state index contributed by atoms with van der Waals surface area (Å²) in [6, 6.07) is 1.39. The molecular formula is C9H10N4O2S. The highest BCUT2D eigenvalue weighted by Crippen LogP contribution is 2.12. The van der Waals surface area contributed by atoms with E-state index in [4.69, 9.17) is 0 Å². The van der Waals surface area contributed by atoms with Crippen LogP contribution in [0, 0.1) is 0 Å². The first kappa shape index (κ1) is 10.9. The molecule has 7 heteroatoms. The number of nitrogens with zero attached hydrogens (tertiary/aromatic N) is 3. The smallest absolute Gasteiger partial charge is 0.324 e. The second kappa shape index (κ2) is 4.93. The number of hydrogen-bond acceptors (Lipinski definition) is 5. The van der Waals surface area contributed by atoms with Gasteiger partial charge in [-0.05, 0) is 6.07 Å². The highest BCUT2D eigenvalue weighted by Gasteiger charge is 2.25. The van der Waals surface area contributed by atoms with Crippen LogP contribution in [0.3, 0.4) is 0 Å². The summed E-state index contributed by atoms with van der Waals surface area (Å²) in [6.45, 7) is 0.963. The standard InChI is InChI=1S/C9H10N4O2S/c14-7(13-5-4-12-9(13)15)6-16-8-10-2-1-3-11-8/h1-3H,4-6H2,(H,12,15).